The summed E-state index contributed by atoms with van der Waals surface area (Å²) in [4.78, 5) is 0. The van der Waals surface area contributed by atoms with Crippen LogP contribution in [-0.2, 0) is 6.61 Å². The molecule has 0 spiro atoms. The molecule has 0 aliphatic carbocycles. The van der Waals surface area contributed by atoms with Crippen LogP contribution >= 0.6 is 15.9 Å². The van der Waals surface area contributed by atoms with E-state index in [1.165, 1.54) is 18.2 Å². The van der Waals surface area contributed by atoms with Crippen LogP contribution in [0.25, 0.3) is 0 Å². The highest BCUT2D eigenvalue weighted by molar-refractivity contribution is 9.10. The van der Waals surface area contributed by atoms with E-state index in [0.717, 1.165) is 11.1 Å². The van der Waals surface area contributed by atoms with Crippen LogP contribution in [0.1, 0.15) is 11.1 Å². The highest BCUT2D eigenvalue weighted by Gasteiger charge is 2.31. The first kappa shape index (κ1) is 15.7. The third kappa shape index (κ3) is 4.67. The Hall–Kier alpha value is -1.69. The Labute approximate surface area is 128 Å². The van der Waals surface area contributed by atoms with E-state index in [-0.39, 0.29) is 10.2 Å². The van der Waals surface area contributed by atoms with Gasteiger partial charge in [-0.25, -0.2) is 0 Å². The number of halogens is 4. The van der Waals surface area contributed by atoms with Gasteiger partial charge in [0.2, 0.25) is 0 Å². The lowest BCUT2D eigenvalue weighted by atomic mass is 10.1. The van der Waals surface area contributed by atoms with Gasteiger partial charge in [0, 0.05) is 0 Å². The molecule has 0 aliphatic heterocycles. The van der Waals surface area contributed by atoms with Gasteiger partial charge in [0.25, 0.3) is 0 Å². The molecule has 0 amide bonds. The summed E-state index contributed by atoms with van der Waals surface area (Å²) in [5.74, 6) is 0.158. The zero-order chi connectivity index (χ0) is 15.5. The van der Waals surface area contributed by atoms with E-state index >= 15 is 0 Å². The minimum absolute atomic E-state index is 0.183. The van der Waals surface area contributed by atoms with Crippen molar-refractivity contribution in [2.75, 3.05) is 0 Å². The number of hydrogen-bond acceptors (Lipinski definition) is 2. The van der Waals surface area contributed by atoms with Gasteiger partial charge in [0.1, 0.15) is 18.1 Å². The summed E-state index contributed by atoms with van der Waals surface area (Å²) < 4.78 is 46.1. The maximum Gasteiger partial charge on any atom is 0.573 e. The van der Waals surface area contributed by atoms with Crippen LogP contribution in [0.4, 0.5) is 13.2 Å². The molecule has 0 saturated carbocycles. The van der Waals surface area contributed by atoms with E-state index < -0.39 is 6.36 Å². The average Bonchev–Trinajstić information content (AvgIpc) is 2.39. The zero-order valence-electron chi connectivity index (χ0n) is 11.1. The molecule has 0 saturated heterocycles. The molecular formula is C15H12BrF3O2. The van der Waals surface area contributed by atoms with Crippen LogP contribution in [0.3, 0.4) is 0 Å². The van der Waals surface area contributed by atoms with Crippen molar-refractivity contribution in [2.24, 2.45) is 0 Å². The van der Waals surface area contributed by atoms with Gasteiger partial charge in [-0.15, -0.1) is 13.2 Å². The Morgan fingerprint density at radius 1 is 1.10 bits per heavy atom. The molecule has 0 atom stereocenters. The standard InChI is InChI=1S/C15H12BrF3O2/c1-10-4-2-3-5-11(10)9-20-12-6-7-14(13(16)8-12)21-15(17,18)19/h2-8H,9H2,1H3. The average molecular weight is 361 g/mol. The van der Waals surface area contributed by atoms with Crippen molar-refractivity contribution in [1.82, 2.24) is 0 Å². The van der Waals surface area contributed by atoms with Crippen LogP contribution in [0.15, 0.2) is 46.9 Å². The first-order chi connectivity index (χ1) is 9.85. The molecule has 0 radical (unpaired) electrons. The normalized spacial score (nSPS) is 11.3. The molecule has 2 nitrogen and oxygen atoms in total. The van der Waals surface area contributed by atoms with Gasteiger partial charge >= 0.3 is 6.36 Å². The van der Waals surface area contributed by atoms with Crippen molar-refractivity contribution in [2.45, 2.75) is 19.9 Å². The molecular weight excluding hydrogens is 349 g/mol. The third-order valence-electron chi connectivity index (χ3n) is 2.78. The molecule has 0 heterocycles. The van der Waals surface area contributed by atoms with Crippen LogP contribution in [0, 0.1) is 6.92 Å². The minimum atomic E-state index is -4.72. The van der Waals surface area contributed by atoms with E-state index in [9.17, 15) is 13.2 Å². The van der Waals surface area contributed by atoms with Crippen molar-refractivity contribution in [3.05, 3.63) is 58.1 Å². The molecule has 0 unspecified atom stereocenters. The van der Waals surface area contributed by atoms with Gasteiger partial charge in [-0.1, -0.05) is 24.3 Å². The summed E-state index contributed by atoms with van der Waals surface area (Å²) >= 11 is 3.04. The van der Waals surface area contributed by atoms with E-state index in [0.29, 0.717) is 12.4 Å². The summed E-state index contributed by atoms with van der Waals surface area (Å²) in [5.41, 5.74) is 2.11. The van der Waals surface area contributed by atoms with E-state index in [4.69, 9.17) is 4.74 Å². The topological polar surface area (TPSA) is 18.5 Å². The molecule has 2 aromatic rings. The van der Waals surface area contributed by atoms with Crippen LogP contribution in [-0.4, -0.2) is 6.36 Å². The quantitative estimate of drug-likeness (QED) is 0.742. The summed E-state index contributed by atoms with van der Waals surface area (Å²) in [5, 5.41) is 0. The molecule has 0 aromatic heterocycles. The number of ether oxygens (including phenoxy) is 2. The maximum atomic E-state index is 12.2. The largest absolute Gasteiger partial charge is 0.573 e. The fraction of sp³-hybridized carbons (Fsp3) is 0.200. The Morgan fingerprint density at radius 3 is 2.43 bits per heavy atom. The second-order valence-corrected chi connectivity index (χ2v) is 5.21. The number of aryl methyl sites for hydroxylation is 1. The monoisotopic (exact) mass is 360 g/mol. The van der Waals surface area contributed by atoms with E-state index in [1.54, 1.807) is 0 Å². The lowest BCUT2D eigenvalue weighted by Gasteiger charge is -2.12. The molecule has 112 valence electrons. The molecule has 2 aromatic carbocycles. The summed E-state index contributed by atoms with van der Waals surface area (Å²) in [6.07, 6.45) is -4.72. The fourth-order valence-corrected chi connectivity index (χ4v) is 2.15. The van der Waals surface area contributed by atoms with Crippen molar-refractivity contribution in [3.8, 4) is 11.5 Å². The van der Waals surface area contributed by atoms with Gasteiger partial charge in [-0.2, -0.15) is 0 Å². The molecule has 0 bridgehead atoms. The zero-order valence-corrected chi connectivity index (χ0v) is 12.7. The van der Waals surface area contributed by atoms with Crippen molar-refractivity contribution >= 4 is 15.9 Å². The van der Waals surface area contributed by atoms with Crippen molar-refractivity contribution < 1.29 is 22.6 Å². The van der Waals surface area contributed by atoms with Crippen molar-refractivity contribution in [3.63, 3.8) is 0 Å². The predicted molar refractivity (Wildman–Crippen MR) is 76.3 cm³/mol. The molecule has 0 aliphatic rings. The fourth-order valence-electron chi connectivity index (χ4n) is 1.71. The number of hydrogen-bond donors (Lipinski definition) is 0. The lowest BCUT2D eigenvalue weighted by molar-refractivity contribution is -0.274. The number of benzene rings is 2. The second-order valence-electron chi connectivity index (χ2n) is 4.36. The van der Waals surface area contributed by atoms with Crippen molar-refractivity contribution in [1.29, 1.82) is 0 Å². The smallest absolute Gasteiger partial charge is 0.489 e. The Kier molecular flexibility index (Phi) is 4.77. The molecule has 0 N–H and O–H groups in total. The highest BCUT2D eigenvalue weighted by Crippen LogP contribution is 2.33. The molecule has 2 rings (SSSR count). The Bertz CT molecular complexity index is 627. The lowest BCUT2D eigenvalue weighted by Crippen LogP contribution is -2.17. The van der Waals surface area contributed by atoms with Crippen LogP contribution in [0.5, 0.6) is 11.5 Å². The van der Waals surface area contributed by atoms with Gasteiger partial charge in [-0.05, 0) is 52.2 Å². The SMILES string of the molecule is Cc1ccccc1COc1ccc(OC(F)(F)F)c(Br)c1. The maximum absolute atomic E-state index is 12.2. The Morgan fingerprint density at radius 2 is 1.81 bits per heavy atom. The predicted octanol–water partition coefficient (Wildman–Crippen LogP) is 5.24. The Balaban J connectivity index is 2.05. The molecule has 6 heteroatoms. The van der Waals surface area contributed by atoms with Crippen LogP contribution < -0.4 is 9.47 Å². The first-order valence-electron chi connectivity index (χ1n) is 6.08. The van der Waals surface area contributed by atoms with E-state index in [2.05, 4.69) is 20.7 Å². The molecule has 21 heavy (non-hydrogen) atoms. The second kappa shape index (κ2) is 6.39. The van der Waals surface area contributed by atoms with Gasteiger partial charge in [0.15, 0.2) is 0 Å². The van der Waals surface area contributed by atoms with Gasteiger partial charge in [0.05, 0.1) is 4.47 Å². The minimum Gasteiger partial charge on any atom is -0.489 e. The molecule has 0 fully saturated rings. The summed E-state index contributed by atoms with van der Waals surface area (Å²) in [6, 6.07) is 11.8. The summed E-state index contributed by atoms with van der Waals surface area (Å²) in [6.45, 7) is 2.31. The van der Waals surface area contributed by atoms with Gasteiger partial charge < -0.3 is 9.47 Å². The third-order valence-corrected chi connectivity index (χ3v) is 3.40. The van der Waals surface area contributed by atoms with Crippen LogP contribution in [0.2, 0.25) is 0 Å². The number of rotatable bonds is 4. The van der Waals surface area contributed by atoms with Gasteiger partial charge in [-0.3, -0.25) is 0 Å². The summed E-state index contributed by atoms with van der Waals surface area (Å²) in [7, 11) is 0. The highest BCUT2D eigenvalue weighted by atomic mass is 79.9. The van der Waals surface area contributed by atoms with E-state index in [1.807, 2.05) is 31.2 Å². The number of alkyl halides is 3. The first-order valence-corrected chi connectivity index (χ1v) is 6.87.